The van der Waals surface area contributed by atoms with Crippen molar-refractivity contribution in [1.29, 1.82) is 0 Å². The van der Waals surface area contributed by atoms with Crippen LogP contribution in [0.1, 0.15) is 47.0 Å². The van der Waals surface area contributed by atoms with Gasteiger partial charge in [-0.25, -0.2) is 0 Å². The van der Waals surface area contributed by atoms with E-state index in [1.54, 1.807) is 6.92 Å². The third-order valence-corrected chi connectivity index (χ3v) is 1.27. The second-order valence-corrected chi connectivity index (χ2v) is 2.91. The second-order valence-electron chi connectivity index (χ2n) is 2.91. The third kappa shape index (κ3) is 19.4. The Bertz CT molecular complexity index is 166. The Hall–Kier alpha value is -1.06. The summed E-state index contributed by atoms with van der Waals surface area (Å²) >= 11 is 0. The SMILES string of the molecule is CCCOC(=O)CC.CCCOC(C)=O. The van der Waals surface area contributed by atoms with Gasteiger partial charge in [-0.1, -0.05) is 20.8 Å². The van der Waals surface area contributed by atoms with Gasteiger partial charge >= 0.3 is 11.9 Å². The van der Waals surface area contributed by atoms with E-state index in [4.69, 9.17) is 4.74 Å². The van der Waals surface area contributed by atoms with Crippen molar-refractivity contribution in [1.82, 2.24) is 0 Å². The molecule has 0 aromatic heterocycles. The Labute approximate surface area is 91.9 Å². The highest BCUT2D eigenvalue weighted by atomic mass is 16.5. The molecule has 0 rings (SSSR count). The maximum Gasteiger partial charge on any atom is 0.305 e. The molecule has 0 N–H and O–H groups in total. The molecule has 0 spiro atoms. The van der Waals surface area contributed by atoms with Crippen molar-refractivity contribution in [2.24, 2.45) is 0 Å². The lowest BCUT2D eigenvalue weighted by molar-refractivity contribution is -0.143. The van der Waals surface area contributed by atoms with E-state index in [0.717, 1.165) is 12.8 Å². The van der Waals surface area contributed by atoms with Gasteiger partial charge in [0.15, 0.2) is 0 Å². The first-order valence-electron chi connectivity index (χ1n) is 5.37. The molecule has 0 heterocycles. The number of rotatable bonds is 5. The molecule has 0 radical (unpaired) electrons. The van der Waals surface area contributed by atoms with Crippen LogP contribution in [0.4, 0.5) is 0 Å². The normalized spacial score (nSPS) is 8.53. The van der Waals surface area contributed by atoms with Gasteiger partial charge in [0, 0.05) is 13.3 Å². The topological polar surface area (TPSA) is 52.6 Å². The first-order chi connectivity index (χ1) is 7.08. The zero-order chi connectivity index (χ0) is 12.1. The zero-order valence-corrected chi connectivity index (χ0v) is 10.2. The first kappa shape index (κ1) is 16.4. The van der Waals surface area contributed by atoms with Gasteiger partial charge in [-0.2, -0.15) is 0 Å². The number of hydrogen-bond acceptors (Lipinski definition) is 4. The predicted molar refractivity (Wildman–Crippen MR) is 58.5 cm³/mol. The molecule has 0 bridgehead atoms. The minimum atomic E-state index is -0.193. The van der Waals surface area contributed by atoms with E-state index in [-0.39, 0.29) is 11.9 Å². The number of hydrogen-bond donors (Lipinski definition) is 0. The van der Waals surface area contributed by atoms with Crippen molar-refractivity contribution in [2.45, 2.75) is 47.0 Å². The molecule has 0 aromatic carbocycles. The van der Waals surface area contributed by atoms with Crippen molar-refractivity contribution >= 4 is 11.9 Å². The van der Waals surface area contributed by atoms with E-state index in [1.165, 1.54) is 6.92 Å². The van der Waals surface area contributed by atoms with E-state index in [9.17, 15) is 9.59 Å². The molecule has 0 fully saturated rings. The lowest BCUT2D eigenvalue weighted by atomic mass is 10.5. The highest BCUT2D eigenvalue weighted by Crippen LogP contribution is 1.85. The summed E-state index contributed by atoms with van der Waals surface area (Å²) in [5.74, 6) is -0.297. The summed E-state index contributed by atoms with van der Waals surface area (Å²) in [4.78, 5) is 20.3. The Morgan fingerprint density at radius 3 is 1.67 bits per heavy atom. The van der Waals surface area contributed by atoms with Crippen molar-refractivity contribution in [2.75, 3.05) is 13.2 Å². The number of carbonyl (C=O) groups excluding carboxylic acids is 2. The van der Waals surface area contributed by atoms with Crippen LogP contribution in [-0.2, 0) is 19.1 Å². The van der Waals surface area contributed by atoms with Crippen LogP contribution in [-0.4, -0.2) is 25.2 Å². The van der Waals surface area contributed by atoms with Crippen molar-refractivity contribution in [3.8, 4) is 0 Å². The van der Waals surface area contributed by atoms with Crippen LogP contribution >= 0.6 is 0 Å². The molecule has 4 heteroatoms. The molecule has 4 nitrogen and oxygen atoms in total. The molecule has 0 aliphatic rings. The smallest absolute Gasteiger partial charge is 0.305 e. The van der Waals surface area contributed by atoms with Gasteiger partial charge < -0.3 is 9.47 Å². The molecule has 0 aliphatic carbocycles. The molecule has 15 heavy (non-hydrogen) atoms. The van der Waals surface area contributed by atoms with Crippen LogP contribution < -0.4 is 0 Å². The van der Waals surface area contributed by atoms with E-state index >= 15 is 0 Å². The standard InChI is InChI=1S/C6H12O2.C5H10O2/c1-3-5-8-6(7)4-2;1-3-4-7-5(2)6/h3-5H2,1-2H3;3-4H2,1-2H3. The minimum Gasteiger partial charge on any atom is -0.466 e. The van der Waals surface area contributed by atoms with E-state index in [1.807, 2.05) is 13.8 Å². The molecule has 0 atom stereocenters. The second kappa shape index (κ2) is 12.9. The van der Waals surface area contributed by atoms with Gasteiger partial charge in [0.05, 0.1) is 13.2 Å². The van der Waals surface area contributed by atoms with Gasteiger partial charge in [0.2, 0.25) is 0 Å². The highest BCUT2D eigenvalue weighted by Gasteiger charge is 1.93. The van der Waals surface area contributed by atoms with Crippen LogP contribution in [0.3, 0.4) is 0 Å². The summed E-state index contributed by atoms with van der Waals surface area (Å²) in [5, 5.41) is 0. The summed E-state index contributed by atoms with van der Waals surface area (Å²) in [6, 6.07) is 0. The van der Waals surface area contributed by atoms with Crippen LogP contribution in [0.2, 0.25) is 0 Å². The number of carbonyl (C=O) groups is 2. The van der Waals surface area contributed by atoms with E-state index in [2.05, 4.69) is 4.74 Å². The van der Waals surface area contributed by atoms with Crippen LogP contribution in [0.5, 0.6) is 0 Å². The fourth-order valence-electron chi connectivity index (χ4n) is 0.564. The summed E-state index contributed by atoms with van der Waals surface area (Å²) in [6.07, 6.45) is 2.30. The molecular weight excluding hydrogens is 196 g/mol. The minimum absolute atomic E-state index is 0.105. The van der Waals surface area contributed by atoms with Gasteiger partial charge in [0.1, 0.15) is 0 Å². The Kier molecular flexibility index (Phi) is 14.1. The maximum atomic E-state index is 10.3. The predicted octanol–water partition coefficient (Wildman–Crippen LogP) is 2.31. The monoisotopic (exact) mass is 218 g/mol. The van der Waals surface area contributed by atoms with Gasteiger partial charge in [0.25, 0.3) is 0 Å². The van der Waals surface area contributed by atoms with Gasteiger partial charge in [-0.05, 0) is 12.8 Å². The zero-order valence-electron chi connectivity index (χ0n) is 10.2. The van der Waals surface area contributed by atoms with E-state index in [0.29, 0.717) is 19.6 Å². The third-order valence-electron chi connectivity index (χ3n) is 1.27. The van der Waals surface area contributed by atoms with E-state index < -0.39 is 0 Å². The quantitative estimate of drug-likeness (QED) is 0.664. The van der Waals surface area contributed by atoms with Crippen LogP contribution in [0.15, 0.2) is 0 Å². The highest BCUT2D eigenvalue weighted by molar-refractivity contribution is 5.68. The summed E-state index contributed by atoms with van der Waals surface area (Å²) in [6.45, 7) is 8.25. The molecule has 0 saturated carbocycles. The van der Waals surface area contributed by atoms with Crippen molar-refractivity contribution < 1.29 is 19.1 Å². The largest absolute Gasteiger partial charge is 0.466 e. The summed E-state index contributed by atoms with van der Waals surface area (Å²) < 4.78 is 9.25. The molecule has 0 saturated heterocycles. The molecular formula is C11H22O4. The average Bonchev–Trinajstić information content (AvgIpc) is 2.23. The molecule has 90 valence electrons. The fraction of sp³-hybridized carbons (Fsp3) is 0.818. The lowest BCUT2D eigenvalue weighted by Crippen LogP contribution is -2.02. The van der Waals surface area contributed by atoms with Crippen LogP contribution in [0, 0.1) is 0 Å². The first-order valence-corrected chi connectivity index (χ1v) is 5.37. The Morgan fingerprint density at radius 2 is 1.40 bits per heavy atom. The Balaban J connectivity index is 0. The molecule has 0 aliphatic heterocycles. The average molecular weight is 218 g/mol. The molecule has 0 unspecified atom stereocenters. The summed E-state index contributed by atoms with van der Waals surface area (Å²) in [5.41, 5.74) is 0. The lowest BCUT2D eigenvalue weighted by Gasteiger charge is -1.97. The molecule has 0 aromatic rings. The van der Waals surface area contributed by atoms with Gasteiger partial charge in [-0.15, -0.1) is 0 Å². The Morgan fingerprint density at radius 1 is 0.933 bits per heavy atom. The number of esters is 2. The maximum absolute atomic E-state index is 10.3. The van der Waals surface area contributed by atoms with Gasteiger partial charge in [-0.3, -0.25) is 9.59 Å². The fourth-order valence-corrected chi connectivity index (χ4v) is 0.564. The summed E-state index contributed by atoms with van der Waals surface area (Å²) in [7, 11) is 0. The number of ether oxygens (including phenoxy) is 2. The van der Waals surface area contributed by atoms with Crippen molar-refractivity contribution in [3.05, 3.63) is 0 Å². The van der Waals surface area contributed by atoms with Crippen LogP contribution in [0.25, 0.3) is 0 Å². The van der Waals surface area contributed by atoms with Crippen molar-refractivity contribution in [3.63, 3.8) is 0 Å². The molecule has 0 amide bonds.